The van der Waals surface area contributed by atoms with E-state index in [-0.39, 0.29) is 16.4 Å². The Morgan fingerprint density at radius 2 is 1.63 bits per heavy atom. The van der Waals surface area contributed by atoms with Crippen molar-refractivity contribution in [2.75, 3.05) is 10.6 Å². The fraction of sp³-hybridized carbons (Fsp3) is 0. The molecule has 0 aromatic heterocycles. The molecule has 0 unspecified atom stereocenters. The molecule has 2 aromatic carbocycles. The number of rotatable bonds is 2. The number of hydrogen-bond donors (Lipinski definition) is 2. The van der Waals surface area contributed by atoms with E-state index in [0.717, 1.165) is 6.07 Å². The summed E-state index contributed by atoms with van der Waals surface area (Å²) in [5.74, 6) is -1.26. The van der Waals surface area contributed by atoms with Crippen LogP contribution in [-0.4, -0.2) is 6.03 Å². The second-order valence-corrected chi connectivity index (χ2v) is 4.06. The van der Waals surface area contributed by atoms with Crippen molar-refractivity contribution in [2.24, 2.45) is 0 Å². The largest absolute Gasteiger partial charge is 0.323 e. The van der Waals surface area contributed by atoms with E-state index in [2.05, 4.69) is 10.6 Å². The van der Waals surface area contributed by atoms with E-state index in [1.165, 1.54) is 30.3 Å². The van der Waals surface area contributed by atoms with Crippen LogP contribution in [0.25, 0.3) is 0 Å². The number of anilines is 2. The highest BCUT2D eigenvalue weighted by Crippen LogP contribution is 2.24. The van der Waals surface area contributed by atoms with Crippen LogP contribution in [0, 0.1) is 11.6 Å². The first-order valence-electron chi connectivity index (χ1n) is 5.34. The maximum atomic E-state index is 13.4. The number of carbonyl (C=O) groups excluding carboxylic acids is 1. The minimum atomic E-state index is -0.780. The second kappa shape index (κ2) is 5.67. The summed E-state index contributed by atoms with van der Waals surface area (Å²) < 4.78 is 26.7. The van der Waals surface area contributed by atoms with Gasteiger partial charge in [-0.1, -0.05) is 29.8 Å². The van der Waals surface area contributed by atoms with Crippen LogP contribution in [0.15, 0.2) is 42.5 Å². The Bertz CT molecular complexity index is 599. The van der Waals surface area contributed by atoms with Gasteiger partial charge in [0.2, 0.25) is 0 Å². The molecular formula is C13H9ClF2N2O. The van der Waals surface area contributed by atoms with Crippen LogP contribution >= 0.6 is 11.6 Å². The van der Waals surface area contributed by atoms with Crippen molar-refractivity contribution in [1.29, 1.82) is 0 Å². The number of urea groups is 1. The Kier molecular flexibility index (Phi) is 3.97. The fourth-order valence-corrected chi connectivity index (χ4v) is 1.66. The van der Waals surface area contributed by atoms with Crippen molar-refractivity contribution in [3.8, 4) is 0 Å². The first-order valence-corrected chi connectivity index (χ1v) is 5.72. The highest BCUT2D eigenvalue weighted by molar-refractivity contribution is 6.33. The lowest BCUT2D eigenvalue weighted by atomic mass is 10.3. The van der Waals surface area contributed by atoms with Crippen LogP contribution in [-0.2, 0) is 0 Å². The van der Waals surface area contributed by atoms with Gasteiger partial charge >= 0.3 is 6.03 Å². The zero-order valence-corrected chi connectivity index (χ0v) is 10.3. The summed E-state index contributed by atoms with van der Waals surface area (Å²) in [5, 5.41) is 4.55. The van der Waals surface area contributed by atoms with Gasteiger partial charge in [0, 0.05) is 0 Å². The predicted octanol–water partition coefficient (Wildman–Crippen LogP) is 4.26. The predicted molar refractivity (Wildman–Crippen MR) is 70.5 cm³/mol. The molecule has 2 aromatic rings. The van der Waals surface area contributed by atoms with Crippen molar-refractivity contribution in [2.45, 2.75) is 0 Å². The van der Waals surface area contributed by atoms with Gasteiger partial charge in [-0.25, -0.2) is 13.6 Å². The molecular weight excluding hydrogens is 274 g/mol. The quantitative estimate of drug-likeness (QED) is 0.849. The molecule has 0 saturated heterocycles. The van der Waals surface area contributed by atoms with Gasteiger partial charge in [0.15, 0.2) is 0 Å². The van der Waals surface area contributed by atoms with Gasteiger partial charge in [0.05, 0.1) is 16.4 Å². The average Bonchev–Trinajstić information content (AvgIpc) is 2.37. The summed E-state index contributed by atoms with van der Waals surface area (Å²) in [6.45, 7) is 0. The molecule has 0 radical (unpaired) electrons. The third-order valence-electron chi connectivity index (χ3n) is 2.32. The van der Waals surface area contributed by atoms with E-state index >= 15 is 0 Å². The zero-order chi connectivity index (χ0) is 13.8. The number of halogens is 3. The lowest BCUT2D eigenvalue weighted by Crippen LogP contribution is -2.21. The molecule has 6 heteroatoms. The highest BCUT2D eigenvalue weighted by atomic mass is 35.5. The van der Waals surface area contributed by atoms with Crippen LogP contribution < -0.4 is 10.6 Å². The summed E-state index contributed by atoms with van der Waals surface area (Å²) in [5.41, 5.74) is -0.162. The van der Waals surface area contributed by atoms with Crippen LogP contribution in [0.5, 0.6) is 0 Å². The molecule has 2 rings (SSSR count). The molecule has 0 aliphatic rings. The molecule has 2 N–H and O–H groups in total. The Labute approximate surface area is 113 Å². The topological polar surface area (TPSA) is 41.1 Å². The molecule has 19 heavy (non-hydrogen) atoms. The molecule has 0 aliphatic carbocycles. The molecule has 0 saturated carbocycles. The van der Waals surface area contributed by atoms with Crippen LogP contribution in [0.3, 0.4) is 0 Å². The van der Waals surface area contributed by atoms with Gasteiger partial charge < -0.3 is 10.6 Å². The van der Waals surface area contributed by atoms with Crippen molar-refractivity contribution >= 4 is 29.0 Å². The zero-order valence-electron chi connectivity index (χ0n) is 9.58. The second-order valence-electron chi connectivity index (χ2n) is 3.66. The fourth-order valence-electron chi connectivity index (χ4n) is 1.45. The lowest BCUT2D eigenvalue weighted by Gasteiger charge is -2.10. The van der Waals surface area contributed by atoms with Crippen molar-refractivity contribution in [3.05, 3.63) is 59.1 Å². The number of benzene rings is 2. The minimum absolute atomic E-state index is 0.00698. The standard InChI is InChI=1S/C13H9ClF2N2O/c14-8-4-3-6-10(16)12(8)18-13(19)17-11-7-2-1-5-9(11)15/h1-7H,(H2,17,18,19). The number of nitrogens with one attached hydrogen (secondary N) is 2. The molecule has 0 aliphatic heterocycles. The van der Waals surface area contributed by atoms with Gasteiger partial charge in [-0.2, -0.15) is 0 Å². The Balaban J connectivity index is 2.12. The summed E-state index contributed by atoms with van der Waals surface area (Å²) >= 11 is 5.75. The van der Waals surface area contributed by atoms with E-state index in [1.807, 2.05) is 0 Å². The first-order chi connectivity index (χ1) is 9.08. The van der Waals surface area contributed by atoms with Gasteiger partial charge in [-0.3, -0.25) is 0 Å². The molecule has 0 bridgehead atoms. The lowest BCUT2D eigenvalue weighted by molar-refractivity contribution is 0.262. The summed E-state index contributed by atoms with van der Waals surface area (Å²) in [7, 11) is 0. The summed E-state index contributed by atoms with van der Waals surface area (Å²) in [6, 6.07) is 8.87. The van der Waals surface area contributed by atoms with Crippen molar-refractivity contribution in [1.82, 2.24) is 0 Å². The van der Waals surface area contributed by atoms with Gasteiger partial charge in [-0.05, 0) is 24.3 Å². The number of hydrogen-bond acceptors (Lipinski definition) is 1. The Hall–Kier alpha value is -2.14. The minimum Gasteiger partial charge on any atom is -0.305 e. The molecule has 0 spiro atoms. The normalized spacial score (nSPS) is 10.1. The maximum Gasteiger partial charge on any atom is 0.323 e. The van der Waals surface area contributed by atoms with Crippen LogP contribution in [0.4, 0.5) is 25.0 Å². The average molecular weight is 283 g/mol. The van der Waals surface area contributed by atoms with Crippen molar-refractivity contribution < 1.29 is 13.6 Å². The number of amides is 2. The van der Waals surface area contributed by atoms with Gasteiger partial charge in [0.25, 0.3) is 0 Å². The summed E-state index contributed by atoms with van der Waals surface area (Å²) in [4.78, 5) is 11.6. The van der Waals surface area contributed by atoms with E-state index in [1.54, 1.807) is 6.07 Å². The van der Waals surface area contributed by atoms with Gasteiger partial charge in [0.1, 0.15) is 11.6 Å². The Morgan fingerprint density at radius 1 is 0.947 bits per heavy atom. The number of para-hydroxylation sites is 2. The molecule has 0 atom stereocenters. The van der Waals surface area contributed by atoms with Crippen LogP contribution in [0.2, 0.25) is 5.02 Å². The summed E-state index contributed by atoms with van der Waals surface area (Å²) in [6.07, 6.45) is 0. The monoisotopic (exact) mass is 282 g/mol. The SMILES string of the molecule is O=C(Nc1ccccc1F)Nc1c(F)cccc1Cl. The maximum absolute atomic E-state index is 13.4. The first kappa shape index (κ1) is 13.3. The van der Waals surface area contributed by atoms with E-state index < -0.39 is 17.7 Å². The van der Waals surface area contributed by atoms with Crippen LogP contribution in [0.1, 0.15) is 0 Å². The van der Waals surface area contributed by atoms with E-state index in [9.17, 15) is 13.6 Å². The third-order valence-corrected chi connectivity index (χ3v) is 2.64. The highest BCUT2D eigenvalue weighted by Gasteiger charge is 2.11. The Morgan fingerprint density at radius 3 is 2.32 bits per heavy atom. The molecule has 2 amide bonds. The molecule has 0 fully saturated rings. The van der Waals surface area contributed by atoms with Gasteiger partial charge in [-0.15, -0.1) is 0 Å². The number of carbonyl (C=O) groups is 1. The van der Waals surface area contributed by atoms with Crippen molar-refractivity contribution in [3.63, 3.8) is 0 Å². The molecule has 3 nitrogen and oxygen atoms in total. The smallest absolute Gasteiger partial charge is 0.305 e. The molecule has 0 heterocycles. The molecule has 98 valence electrons. The third kappa shape index (κ3) is 3.20. The van der Waals surface area contributed by atoms with E-state index in [0.29, 0.717) is 0 Å². The van der Waals surface area contributed by atoms with E-state index in [4.69, 9.17) is 11.6 Å².